The highest BCUT2D eigenvalue weighted by Crippen LogP contribution is 2.83. The van der Waals surface area contributed by atoms with Gasteiger partial charge in [-0.15, -0.1) is 0 Å². The summed E-state index contributed by atoms with van der Waals surface area (Å²) >= 11 is 0. The van der Waals surface area contributed by atoms with Crippen LogP contribution in [0.3, 0.4) is 0 Å². The number of nitrogens with zero attached hydrogens (tertiary/aromatic N) is 4. The minimum absolute atomic E-state index is 0.258. The zero-order valence-electron chi connectivity index (χ0n) is 16.8. The molecule has 6 heteroatoms. The summed E-state index contributed by atoms with van der Waals surface area (Å²) in [6, 6.07) is 0. The van der Waals surface area contributed by atoms with Gasteiger partial charge in [0.25, 0.3) is 0 Å². The van der Waals surface area contributed by atoms with E-state index < -0.39 is 0 Å². The first-order valence-corrected chi connectivity index (χ1v) is 12.3. The van der Waals surface area contributed by atoms with Gasteiger partial charge in [0.2, 0.25) is 0 Å². The standard InChI is InChI=1S/C18H38N4P2/c1-17(2,3)21-23(19-13-9-7-10-14-19)22(18(4,5)6)24(21)20-15-11-8-12-16-20/h7-16H2,1-6H3. The minimum Gasteiger partial charge on any atom is -0.257 e. The Labute approximate surface area is 152 Å². The Morgan fingerprint density at radius 1 is 0.500 bits per heavy atom. The average molecular weight is 372 g/mol. The molecule has 3 fully saturated rings. The molecule has 0 saturated carbocycles. The maximum Gasteiger partial charge on any atom is 0.132 e. The maximum atomic E-state index is 2.93. The van der Waals surface area contributed by atoms with Crippen LogP contribution in [0.2, 0.25) is 0 Å². The molecular formula is C18H38N4P2. The third-order valence-electron chi connectivity index (χ3n) is 5.05. The summed E-state index contributed by atoms with van der Waals surface area (Å²) in [5.74, 6) is 0. The Hall–Kier alpha value is 0.700. The van der Waals surface area contributed by atoms with Crippen molar-refractivity contribution in [3.8, 4) is 0 Å². The lowest BCUT2D eigenvalue weighted by atomic mass is 10.1. The van der Waals surface area contributed by atoms with E-state index in [4.69, 9.17) is 0 Å². The Kier molecular flexibility index (Phi) is 5.98. The van der Waals surface area contributed by atoms with Crippen LogP contribution in [0, 0.1) is 0 Å². The van der Waals surface area contributed by atoms with Gasteiger partial charge in [-0.05, 0) is 67.2 Å². The molecule has 3 rings (SSSR count). The second-order valence-electron chi connectivity index (χ2n) is 9.49. The Morgan fingerprint density at radius 3 is 1.04 bits per heavy atom. The second-order valence-corrected chi connectivity index (χ2v) is 13.9. The molecule has 0 atom stereocenters. The van der Waals surface area contributed by atoms with E-state index in [9.17, 15) is 0 Å². The van der Waals surface area contributed by atoms with Gasteiger partial charge in [0.15, 0.2) is 0 Å². The molecule has 0 aromatic carbocycles. The fourth-order valence-electron chi connectivity index (χ4n) is 3.94. The Morgan fingerprint density at radius 2 is 0.792 bits per heavy atom. The zero-order valence-corrected chi connectivity index (χ0v) is 18.5. The molecule has 0 aromatic rings. The van der Waals surface area contributed by atoms with Crippen molar-refractivity contribution in [1.29, 1.82) is 0 Å². The van der Waals surface area contributed by atoms with Gasteiger partial charge in [0.1, 0.15) is 16.7 Å². The van der Waals surface area contributed by atoms with Gasteiger partial charge in [0.05, 0.1) is 0 Å². The summed E-state index contributed by atoms with van der Waals surface area (Å²) in [5, 5.41) is 0. The molecule has 3 saturated heterocycles. The Balaban J connectivity index is 1.89. The lowest BCUT2D eigenvalue weighted by molar-refractivity contribution is 0.207. The molecule has 0 N–H and O–H groups in total. The molecule has 24 heavy (non-hydrogen) atoms. The van der Waals surface area contributed by atoms with E-state index in [-0.39, 0.29) is 27.8 Å². The van der Waals surface area contributed by atoms with Gasteiger partial charge in [0, 0.05) is 37.3 Å². The topological polar surface area (TPSA) is 13.0 Å². The third-order valence-corrected chi connectivity index (χ3v) is 12.5. The fourth-order valence-corrected chi connectivity index (χ4v) is 11.6. The predicted molar refractivity (Wildman–Crippen MR) is 108 cm³/mol. The molecule has 3 aliphatic rings. The maximum absolute atomic E-state index is 2.93. The largest absolute Gasteiger partial charge is 0.257 e. The summed E-state index contributed by atoms with van der Waals surface area (Å²) in [5.41, 5.74) is 0.516. The van der Waals surface area contributed by atoms with Crippen LogP contribution < -0.4 is 0 Å². The van der Waals surface area contributed by atoms with E-state index in [1.807, 2.05) is 0 Å². The normalized spacial score (nSPS) is 32.8. The van der Waals surface area contributed by atoms with E-state index in [1.54, 1.807) is 0 Å². The highest BCUT2D eigenvalue weighted by atomic mass is 31.3. The van der Waals surface area contributed by atoms with Crippen molar-refractivity contribution in [1.82, 2.24) is 18.2 Å². The zero-order chi connectivity index (χ0) is 17.5. The lowest BCUT2D eigenvalue weighted by Crippen LogP contribution is -2.60. The highest BCUT2D eigenvalue weighted by Gasteiger charge is 2.60. The molecule has 0 aromatic heterocycles. The smallest absolute Gasteiger partial charge is 0.132 e. The van der Waals surface area contributed by atoms with E-state index >= 15 is 0 Å². The number of hydrogen-bond donors (Lipinski definition) is 0. The molecule has 0 unspecified atom stereocenters. The third kappa shape index (κ3) is 3.85. The molecule has 4 nitrogen and oxygen atoms in total. The van der Waals surface area contributed by atoms with E-state index in [0.29, 0.717) is 0 Å². The Bertz CT molecular complexity index is 372. The van der Waals surface area contributed by atoms with E-state index in [1.165, 1.54) is 64.7 Å². The SMILES string of the molecule is CC(C)(C)N1P(N2CCCCC2)N(C(C)(C)C)P1N1CCCCC1. The molecule has 0 bridgehead atoms. The van der Waals surface area contributed by atoms with Crippen LogP contribution >= 0.6 is 16.7 Å². The lowest BCUT2D eigenvalue weighted by Gasteiger charge is -2.69. The van der Waals surface area contributed by atoms with Crippen molar-refractivity contribution in [2.75, 3.05) is 26.2 Å². The minimum atomic E-state index is -0.296. The molecule has 3 aliphatic heterocycles. The first-order chi connectivity index (χ1) is 11.2. The summed E-state index contributed by atoms with van der Waals surface area (Å²) in [6.45, 7) is 19.8. The van der Waals surface area contributed by atoms with Crippen molar-refractivity contribution < 1.29 is 0 Å². The van der Waals surface area contributed by atoms with Crippen molar-refractivity contribution >= 4 is 16.7 Å². The van der Waals surface area contributed by atoms with Crippen molar-refractivity contribution in [2.45, 2.75) is 91.1 Å². The van der Waals surface area contributed by atoms with Gasteiger partial charge >= 0.3 is 0 Å². The molecular weight excluding hydrogens is 334 g/mol. The molecule has 0 amide bonds. The van der Waals surface area contributed by atoms with Crippen molar-refractivity contribution in [3.05, 3.63) is 0 Å². The number of rotatable bonds is 2. The molecule has 3 heterocycles. The van der Waals surface area contributed by atoms with Crippen LogP contribution in [0.25, 0.3) is 0 Å². The average Bonchev–Trinajstić information content (AvgIpc) is 2.45. The van der Waals surface area contributed by atoms with E-state index in [0.717, 1.165) is 0 Å². The van der Waals surface area contributed by atoms with Crippen LogP contribution in [-0.4, -0.2) is 55.5 Å². The monoisotopic (exact) mass is 372 g/mol. The van der Waals surface area contributed by atoms with Gasteiger partial charge in [-0.1, -0.05) is 12.8 Å². The molecule has 0 radical (unpaired) electrons. The van der Waals surface area contributed by atoms with Crippen LogP contribution in [0.1, 0.15) is 80.1 Å². The van der Waals surface area contributed by atoms with Crippen molar-refractivity contribution in [2.24, 2.45) is 0 Å². The molecule has 140 valence electrons. The van der Waals surface area contributed by atoms with Gasteiger partial charge in [-0.2, -0.15) is 0 Å². The summed E-state index contributed by atoms with van der Waals surface area (Å²) in [7, 11) is -0.592. The first kappa shape index (κ1) is 19.5. The predicted octanol–water partition coefficient (Wildman–Crippen LogP) is 5.63. The van der Waals surface area contributed by atoms with Crippen LogP contribution in [-0.2, 0) is 0 Å². The molecule has 0 aliphatic carbocycles. The summed E-state index contributed by atoms with van der Waals surface area (Å²) in [4.78, 5) is 0. The van der Waals surface area contributed by atoms with Gasteiger partial charge in [-0.3, -0.25) is 9.34 Å². The van der Waals surface area contributed by atoms with E-state index in [2.05, 4.69) is 59.8 Å². The van der Waals surface area contributed by atoms with Crippen LogP contribution in [0.15, 0.2) is 0 Å². The second kappa shape index (κ2) is 7.37. The number of piperidine rings is 2. The highest BCUT2D eigenvalue weighted by molar-refractivity contribution is 7.80. The van der Waals surface area contributed by atoms with Crippen LogP contribution in [0.4, 0.5) is 0 Å². The van der Waals surface area contributed by atoms with Crippen LogP contribution in [0.5, 0.6) is 0 Å². The fraction of sp³-hybridized carbons (Fsp3) is 1.00. The summed E-state index contributed by atoms with van der Waals surface area (Å²) < 4.78 is 11.5. The van der Waals surface area contributed by atoms with Gasteiger partial charge in [-0.25, -0.2) is 8.88 Å². The summed E-state index contributed by atoms with van der Waals surface area (Å²) in [6.07, 6.45) is 8.39. The van der Waals surface area contributed by atoms with Gasteiger partial charge < -0.3 is 0 Å². The first-order valence-electron chi connectivity index (χ1n) is 9.91. The quantitative estimate of drug-likeness (QED) is 0.583. The van der Waals surface area contributed by atoms with Crippen molar-refractivity contribution in [3.63, 3.8) is 0 Å². The molecule has 0 spiro atoms. The number of hydrogen-bond acceptors (Lipinski definition) is 4.